The Morgan fingerprint density at radius 2 is 1.56 bits per heavy atom. The zero-order valence-electron chi connectivity index (χ0n) is 22.3. The lowest BCUT2D eigenvalue weighted by molar-refractivity contribution is -0.136. The van der Waals surface area contributed by atoms with Crippen molar-refractivity contribution in [2.24, 2.45) is 0 Å². The van der Waals surface area contributed by atoms with Gasteiger partial charge in [-0.3, -0.25) is 4.79 Å². The third-order valence-electron chi connectivity index (χ3n) is 6.38. The van der Waals surface area contributed by atoms with Gasteiger partial charge < -0.3 is 29.0 Å². The second-order valence-corrected chi connectivity index (χ2v) is 9.30. The average Bonchev–Trinajstić information content (AvgIpc) is 2.96. The molecule has 0 saturated carbocycles. The zero-order valence-corrected chi connectivity index (χ0v) is 22.3. The molecule has 1 aliphatic rings. The quantitative estimate of drug-likeness (QED) is 0.260. The number of carbonyl (C=O) groups is 2. The number of carbonyl (C=O) groups excluding carboxylic acids is 1. The third-order valence-corrected chi connectivity index (χ3v) is 6.38. The molecule has 0 aliphatic carbocycles. The number of aliphatic carboxylic acids is 1. The highest BCUT2D eigenvalue weighted by Gasteiger charge is 2.26. The van der Waals surface area contributed by atoms with Crippen LogP contribution in [0.25, 0.3) is 0 Å². The zero-order chi connectivity index (χ0) is 27.5. The average molecular weight is 534 g/mol. The number of fused-ring (bicyclic) bond motifs is 1. The van der Waals surface area contributed by atoms with Crippen molar-refractivity contribution in [3.8, 4) is 23.0 Å². The molecule has 3 aromatic rings. The normalized spacial score (nSPS) is 12.4. The lowest BCUT2D eigenvalue weighted by Crippen LogP contribution is -2.37. The van der Waals surface area contributed by atoms with Gasteiger partial charge in [0.1, 0.15) is 23.0 Å². The molecule has 1 heterocycles. The Hall–Kier alpha value is -4.20. The summed E-state index contributed by atoms with van der Waals surface area (Å²) in [7, 11) is 0. The van der Waals surface area contributed by atoms with E-state index in [0.29, 0.717) is 52.2 Å². The fraction of sp³-hybridized carbons (Fsp3) is 0.355. The molecule has 4 rings (SSSR count). The van der Waals surface area contributed by atoms with Crippen molar-refractivity contribution < 1.29 is 33.6 Å². The molecule has 1 amide bonds. The lowest BCUT2D eigenvalue weighted by Gasteiger charge is -2.31. The van der Waals surface area contributed by atoms with Gasteiger partial charge in [0.05, 0.1) is 19.8 Å². The van der Waals surface area contributed by atoms with Crippen LogP contribution in [0.1, 0.15) is 42.9 Å². The van der Waals surface area contributed by atoms with E-state index < -0.39 is 5.97 Å². The molecule has 0 unspecified atom stereocenters. The number of hydrogen-bond donors (Lipinski definition) is 1. The van der Waals surface area contributed by atoms with Gasteiger partial charge in [-0.25, -0.2) is 4.79 Å². The summed E-state index contributed by atoms with van der Waals surface area (Å²) in [6, 6.07) is 20.9. The molecule has 0 aromatic heterocycles. The number of hydrogen-bond acceptors (Lipinski definition) is 6. The van der Waals surface area contributed by atoms with E-state index in [0.717, 1.165) is 46.1 Å². The molecule has 8 nitrogen and oxygen atoms in total. The van der Waals surface area contributed by atoms with Crippen LogP contribution in [0.3, 0.4) is 0 Å². The molecule has 0 spiro atoms. The number of ether oxygens (including phenoxy) is 4. The highest BCUT2D eigenvalue weighted by atomic mass is 16.6. The van der Waals surface area contributed by atoms with Crippen molar-refractivity contribution in [2.45, 2.75) is 45.6 Å². The predicted octanol–water partition coefficient (Wildman–Crippen LogP) is 6.25. The van der Waals surface area contributed by atoms with Crippen molar-refractivity contribution >= 4 is 12.1 Å². The second kappa shape index (κ2) is 14.1. The Bertz CT molecular complexity index is 1230. The summed E-state index contributed by atoms with van der Waals surface area (Å²) in [6.45, 7) is 4.21. The summed E-state index contributed by atoms with van der Waals surface area (Å²) in [4.78, 5) is 25.3. The number of nitrogens with zero attached hydrogens (tertiary/aromatic N) is 1. The van der Waals surface area contributed by atoms with Crippen LogP contribution in [-0.2, 0) is 28.9 Å². The Labute approximate surface area is 229 Å². The maximum atomic E-state index is 12.4. The first-order chi connectivity index (χ1) is 19.0. The van der Waals surface area contributed by atoms with Crippen LogP contribution in [-0.4, -0.2) is 48.4 Å². The number of amides is 1. The number of aryl methyl sites for hydroxylation is 1. The molecule has 0 bridgehead atoms. The molecule has 206 valence electrons. The summed E-state index contributed by atoms with van der Waals surface area (Å²) in [5, 5.41) is 9.17. The Morgan fingerprint density at radius 1 is 0.846 bits per heavy atom. The summed E-state index contributed by atoms with van der Waals surface area (Å²) >= 11 is 0. The smallest absolute Gasteiger partial charge is 0.410 e. The van der Waals surface area contributed by atoms with E-state index in [4.69, 9.17) is 24.1 Å². The molecule has 3 aromatic carbocycles. The molecular weight excluding hydrogens is 498 g/mol. The minimum Gasteiger partial charge on any atom is -0.493 e. The molecule has 0 saturated heterocycles. The lowest BCUT2D eigenvalue weighted by atomic mass is 9.92. The fourth-order valence-corrected chi connectivity index (χ4v) is 4.41. The van der Waals surface area contributed by atoms with Gasteiger partial charge in [0, 0.05) is 31.5 Å². The molecule has 0 radical (unpaired) electrons. The van der Waals surface area contributed by atoms with Gasteiger partial charge in [0.25, 0.3) is 0 Å². The number of para-hydroxylation sites is 1. The van der Waals surface area contributed by atoms with Crippen molar-refractivity contribution in [1.29, 1.82) is 0 Å². The number of carboxylic acid groups (broad SMARTS) is 1. The van der Waals surface area contributed by atoms with Crippen molar-refractivity contribution in [3.63, 3.8) is 0 Å². The molecule has 1 N–H and O–H groups in total. The number of carboxylic acids is 1. The standard InChI is InChI=1S/C31H35NO7/c1-2-19-38-31(35)32-18-17-27-28(22-32)23(10-16-30(33)34)9-15-29(27)37-21-6-20-36-24-11-13-26(14-12-24)39-25-7-4-3-5-8-25/h3-5,7-9,11-15H,2,6,10,16-22H2,1H3,(H,33,34). The summed E-state index contributed by atoms with van der Waals surface area (Å²) < 4.78 is 23.1. The first kappa shape index (κ1) is 27.8. The van der Waals surface area contributed by atoms with E-state index >= 15 is 0 Å². The Balaban J connectivity index is 1.30. The van der Waals surface area contributed by atoms with Crippen LogP contribution >= 0.6 is 0 Å². The highest BCUT2D eigenvalue weighted by Crippen LogP contribution is 2.32. The summed E-state index contributed by atoms with van der Waals surface area (Å²) in [5.41, 5.74) is 2.92. The van der Waals surface area contributed by atoms with Crippen molar-refractivity contribution in [1.82, 2.24) is 4.90 Å². The molecule has 1 aliphatic heterocycles. The third kappa shape index (κ3) is 8.14. The second-order valence-electron chi connectivity index (χ2n) is 9.30. The van der Waals surface area contributed by atoms with Gasteiger partial charge in [-0.1, -0.05) is 31.2 Å². The minimum atomic E-state index is -0.850. The first-order valence-corrected chi connectivity index (χ1v) is 13.4. The SMILES string of the molecule is CCCOC(=O)N1CCc2c(OCCCOc3ccc(Oc4ccccc4)cc3)ccc(CCC(=O)O)c2C1. The van der Waals surface area contributed by atoms with Crippen molar-refractivity contribution in [2.75, 3.05) is 26.4 Å². The number of rotatable bonds is 13. The van der Waals surface area contributed by atoms with Crippen LogP contribution in [0.2, 0.25) is 0 Å². The van der Waals surface area contributed by atoms with E-state index in [-0.39, 0.29) is 12.5 Å². The van der Waals surface area contributed by atoms with Crippen LogP contribution in [0.5, 0.6) is 23.0 Å². The van der Waals surface area contributed by atoms with E-state index in [9.17, 15) is 9.59 Å². The summed E-state index contributed by atoms with van der Waals surface area (Å²) in [5.74, 6) is 2.20. The monoisotopic (exact) mass is 533 g/mol. The molecule has 8 heteroatoms. The summed E-state index contributed by atoms with van der Waals surface area (Å²) in [6.07, 6.45) is 2.17. The van der Waals surface area contributed by atoms with Crippen LogP contribution in [0.4, 0.5) is 4.79 Å². The van der Waals surface area contributed by atoms with E-state index in [1.807, 2.05) is 73.7 Å². The van der Waals surface area contributed by atoms with E-state index in [1.165, 1.54) is 0 Å². The van der Waals surface area contributed by atoms with Crippen molar-refractivity contribution in [3.05, 3.63) is 83.4 Å². The van der Waals surface area contributed by atoms with E-state index in [1.54, 1.807) is 4.90 Å². The van der Waals surface area contributed by atoms with Crippen LogP contribution in [0.15, 0.2) is 66.7 Å². The molecule has 39 heavy (non-hydrogen) atoms. The molecular formula is C31H35NO7. The Kier molecular flexibility index (Phi) is 10.1. The maximum absolute atomic E-state index is 12.4. The van der Waals surface area contributed by atoms with E-state index in [2.05, 4.69) is 0 Å². The van der Waals surface area contributed by atoms with Gasteiger partial charge in [-0.05, 0) is 72.9 Å². The topological polar surface area (TPSA) is 94.5 Å². The van der Waals surface area contributed by atoms with Crippen LogP contribution in [0, 0.1) is 0 Å². The number of benzene rings is 3. The van der Waals surface area contributed by atoms with Gasteiger partial charge in [0.15, 0.2) is 0 Å². The minimum absolute atomic E-state index is 0.0314. The Morgan fingerprint density at radius 3 is 2.31 bits per heavy atom. The largest absolute Gasteiger partial charge is 0.493 e. The molecule has 0 fully saturated rings. The van der Waals surface area contributed by atoms with Gasteiger partial charge >= 0.3 is 12.1 Å². The van der Waals surface area contributed by atoms with Crippen LogP contribution < -0.4 is 14.2 Å². The predicted molar refractivity (Wildman–Crippen MR) is 147 cm³/mol. The first-order valence-electron chi connectivity index (χ1n) is 13.4. The van der Waals surface area contributed by atoms with Gasteiger partial charge in [-0.15, -0.1) is 0 Å². The van der Waals surface area contributed by atoms with Gasteiger partial charge in [0.2, 0.25) is 0 Å². The highest BCUT2D eigenvalue weighted by molar-refractivity contribution is 5.69. The maximum Gasteiger partial charge on any atom is 0.410 e. The fourth-order valence-electron chi connectivity index (χ4n) is 4.41. The van der Waals surface area contributed by atoms with Gasteiger partial charge in [-0.2, -0.15) is 0 Å². The molecule has 0 atom stereocenters.